The van der Waals surface area contributed by atoms with Crippen LogP contribution in [0.2, 0.25) is 0 Å². The number of aryl methyl sites for hydroxylation is 1. The van der Waals surface area contributed by atoms with E-state index in [1.54, 1.807) is 7.11 Å². The summed E-state index contributed by atoms with van der Waals surface area (Å²) >= 11 is 0. The monoisotopic (exact) mass is 402 g/mol. The normalized spacial score (nSPS) is 12.5. The highest BCUT2D eigenvalue weighted by atomic mass is 16.6. The minimum absolute atomic E-state index is 0.913. The lowest BCUT2D eigenvalue weighted by Gasteiger charge is -2.11. The maximum atomic E-state index is 4.67. The number of hydrogen-bond donors (Lipinski definition) is 0. The Kier molecular flexibility index (Phi) is 17.6. The summed E-state index contributed by atoms with van der Waals surface area (Å²) in [6, 6.07) is 4.23. The van der Waals surface area contributed by atoms with Crippen molar-refractivity contribution >= 4 is 6.21 Å². The Hall–Kier alpha value is -1.38. The van der Waals surface area contributed by atoms with E-state index < -0.39 is 0 Å². The molecule has 0 aliphatic carbocycles. The van der Waals surface area contributed by atoms with E-state index in [-0.39, 0.29) is 0 Å². The van der Waals surface area contributed by atoms with Crippen LogP contribution < -0.4 is 0 Å². The summed E-state index contributed by atoms with van der Waals surface area (Å²) in [5.41, 5.74) is 1.38. The molecule has 1 aromatic heterocycles. The maximum Gasteiger partial charge on any atom is 0.106 e. The molecule has 0 bridgehead atoms. The van der Waals surface area contributed by atoms with Crippen molar-refractivity contribution in [2.75, 3.05) is 7.11 Å². The molecule has 0 aliphatic heterocycles. The Bertz CT molecular complexity index is 475. The van der Waals surface area contributed by atoms with Gasteiger partial charge in [0.25, 0.3) is 0 Å². The van der Waals surface area contributed by atoms with E-state index in [0.717, 1.165) is 12.3 Å². The van der Waals surface area contributed by atoms with Crippen LogP contribution in [0.3, 0.4) is 0 Å². The first-order valence-corrected chi connectivity index (χ1v) is 12.3. The van der Waals surface area contributed by atoms with Gasteiger partial charge in [-0.25, -0.2) is 0 Å². The number of rotatable bonds is 20. The summed E-state index contributed by atoms with van der Waals surface area (Å²) in [5.74, 6) is 0.913. The number of unbranched alkanes of at least 4 members (excludes halogenated alkanes) is 12. The van der Waals surface area contributed by atoms with Crippen LogP contribution in [0.25, 0.3) is 0 Å². The molecule has 0 saturated carbocycles. The Labute approximate surface area is 180 Å². The van der Waals surface area contributed by atoms with Crippen LogP contribution in [0, 0.1) is 5.92 Å². The van der Waals surface area contributed by atoms with E-state index in [9.17, 15) is 0 Å². The highest BCUT2D eigenvalue weighted by molar-refractivity contribution is 5.55. The van der Waals surface area contributed by atoms with Crippen LogP contribution in [0.5, 0.6) is 0 Å². The first-order chi connectivity index (χ1) is 14.3. The Morgan fingerprint density at radius 1 is 0.862 bits per heavy atom. The fourth-order valence-corrected chi connectivity index (χ4v) is 3.96. The molecular formula is C26H46N2O. The van der Waals surface area contributed by atoms with Crippen LogP contribution in [0.15, 0.2) is 29.7 Å². The molecule has 1 aromatic rings. The molecule has 0 spiro atoms. The largest absolute Gasteiger partial charge is 0.399 e. The Morgan fingerprint density at radius 2 is 1.45 bits per heavy atom. The summed E-state index contributed by atoms with van der Waals surface area (Å²) in [5, 5.41) is 3.78. The molecule has 0 amide bonds. The zero-order chi connectivity index (χ0) is 20.8. The van der Waals surface area contributed by atoms with Crippen molar-refractivity contribution in [3.63, 3.8) is 0 Å². The maximum absolute atomic E-state index is 4.67. The van der Waals surface area contributed by atoms with Crippen LogP contribution in [0.4, 0.5) is 0 Å². The molecule has 3 nitrogen and oxygen atoms in total. The molecule has 0 fully saturated rings. The van der Waals surface area contributed by atoms with Crippen LogP contribution in [-0.4, -0.2) is 18.3 Å². The second-order valence-corrected chi connectivity index (χ2v) is 8.65. The lowest BCUT2D eigenvalue weighted by Crippen LogP contribution is -1.95. The average Bonchev–Trinajstić information content (AvgIpc) is 2.74. The summed E-state index contributed by atoms with van der Waals surface area (Å²) in [4.78, 5) is 8.85. The van der Waals surface area contributed by atoms with E-state index >= 15 is 0 Å². The lowest BCUT2D eigenvalue weighted by atomic mass is 9.96. The summed E-state index contributed by atoms with van der Waals surface area (Å²) in [7, 11) is 1.60. The van der Waals surface area contributed by atoms with Crippen LogP contribution >= 0.6 is 0 Å². The molecule has 1 atom stereocenters. The van der Waals surface area contributed by atoms with Gasteiger partial charge in [-0.2, -0.15) is 0 Å². The predicted octanol–water partition coefficient (Wildman–Crippen LogP) is 8.13. The third-order valence-electron chi connectivity index (χ3n) is 5.85. The fourth-order valence-electron chi connectivity index (χ4n) is 3.96. The molecule has 0 unspecified atom stereocenters. The van der Waals surface area contributed by atoms with E-state index in [2.05, 4.69) is 28.0 Å². The van der Waals surface area contributed by atoms with E-state index in [4.69, 9.17) is 0 Å². The molecule has 3 heteroatoms. The average molecular weight is 403 g/mol. The SMILES string of the molecule is CO/N=C/CCCCCCC[C@@H](C)CCCCCCCCCCc1cccnc1. The van der Waals surface area contributed by atoms with Crippen molar-refractivity contribution in [3.05, 3.63) is 30.1 Å². The number of pyridine rings is 1. The van der Waals surface area contributed by atoms with Crippen molar-refractivity contribution in [2.45, 2.75) is 116 Å². The van der Waals surface area contributed by atoms with Crippen molar-refractivity contribution < 1.29 is 4.84 Å². The fraction of sp³-hybridized carbons (Fsp3) is 0.769. The first kappa shape index (κ1) is 25.7. The van der Waals surface area contributed by atoms with Gasteiger partial charge in [0.15, 0.2) is 0 Å². The summed E-state index contributed by atoms with van der Waals surface area (Å²) in [6.07, 6.45) is 28.8. The molecule has 166 valence electrons. The van der Waals surface area contributed by atoms with Crippen molar-refractivity contribution in [2.24, 2.45) is 11.1 Å². The molecule has 0 aliphatic rings. The van der Waals surface area contributed by atoms with Crippen molar-refractivity contribution in [1.29, 1.82) is 0 Å². The molecule has 0 saturated heterocycles. The minimum Gasteiger partial charge on any atom is -0.399 e. The van der Waals surface area contributed by atoms with Gasteiger partial charge in [-0.3, -0.25) is 4.98 Å². The predicted molar refractivity (Wildman–Crippen MR) is 126 cm³/mol. The summed E-state index contributed by atoms with van der Waals surface area (Å²) in [6.45, 7) is 2.45. The van der Waals surface area contributed by atoms with Crippen LogP contribution in [0.1, 0.15) is 115 Å². The van der Waals surface area contributed by atoms with Gasteiger partial charge in [-0.05, 0) is 43.2 Å². The van der Waals surface area contributed by atoms with Crippen LogP contribution in [-0.2, 0) is 11.3 Å². The number of hydrogen-bond acceptors (Lipinski definition) is 3. The van der Waals surface area contributed by atoms with Gasteiger partial charge in [0.05, 0.1) is 0 Å². The Balaban J connectivity index is 1.76. The van der Waals surface area contributed by atoms with E-state index in [1.165, 1.54) is 108 Å². The number of aromatic nitrogens is 1. The van der Waals surface area contributed by atoms with E-state index in [0.29, 0.717) is 0 Å². The molecular weight excluding hydrogens is 356 g/mol. The second-order valence-electron chi connectivity index (χ2n) is 8.65. The topological polar surface area (TPSA) is 34.5 Å². The number of oxime groups is 1. The van der Waals surface area contributed by atoms with Gasteiger partial charge in [-0.1, -0.05) is 102 Å². The second kappa shape index (κ2) is 19.9. The zero-order valence-corrected chi connectivity index (χ0v) is 19.3. The van der Waals surface area contributed by atoms with Gasteiger partial charge in [0.1, 0.15) is 7.11 Å². The third-order valence-corrected chi connectivity index (χ3v) is 5.85. The highest BCUT2D eigenvalue weighted by Gasteiger charge is 2.02. The van der Waals surface area contributed by atoms with E-state index in [1.807, 2.05) is 24.7 Å². The summed E-state index contributed by atoms with van der Waals surface area (Å²) < 4.78 is 0. The zero-order valence-electron chi connectivity index (χ0n) is 19.3. The quantitative estimate of drug-likeness (QED) is 0.125. The standard InChI is InChI=1S/C26H46N2O/c1-25(19-14-10-7-8-12-16-23-28-29-2)18-13-9-5-3-4-6-11-15-20-26-21-17-22-27-24-26/h17,21-25H,3-16,18-20H2,1-2H3/b28-23+/t25-/m0/s1. The number of nitrogens with zero attached hydrogens (tertiary/aromatic N) is 2. The van der Waals surface area contributed by atoms with Gasteiger partial charge in [0.2, 0.25) is 0 Å². The third kappa shape index (κ3) is 17.2. The molecule has 0 aromatic carbocycles. The molecule has 1 heterocycles. The Morgan fingerprint density at radius 3 is 2.03 bits per heavy atom. The van der Waals surface area contributed by atoms with Gasteiger partial charge in [0, 0.05) is 18.6 Å². The van der Waals surface area contributed by atoms with Gasteiger partial charge in [-0.15, -0.1) is 0 Å². The lowest BCUT2D eigenvalue weighted by molar-refractivity contribution is 0.214. The molecule has 29 heavy (non-hydrogen) atoms. The molecule has 1 rings (SSSR count). The smallest absolute Gasteiger partial charge is 0.106 e. The van der Waals surface area contributed by atoms with Gasteiger partial charge < -0.3 is 4.84 Å². The minimum atomic E-state index is 0.913. The molecule has 0 radical (unpaired) electrons. The van der Waals surface area contributed by atoms with Gasteiger partial charge >= 0.3 is 0 Å². The highest BCUT2D eigenvalue weighted by Crippen LogP contribution is 2.18. The van der Waals surface area contributed by atoms with Crippen molar-refractivity contribution in [1.82, 2.24) is 4.98 Å². The first-order valence-electron chi connectivity index (χ1n) is 12.3. The van der Waals surface area contributed by atoms with Crippen molar-refractivity contribution in [3.8, 4) is 0 Å². The molecule has 0 N–H and O–H groups in total.